The summed E-state index contributed by atoms with van der Waals surface area (Å²) in [4.78, 5) is 0.217. The third kappa shape index (κ3) is 2.38. The van der Waals surface area contributed by atoms with Gasteiger partial charge in [0.15, 0.2) is 0 Å². The Balaban J connectivity index is 1.85. The Hall–Kier alpha value is -0.920. The SMILES string of the molecule is O=S(=O)(c1cn[nH]c1)N1CCCC1C1CCCCC1O. The third-order valence-corrected chi connectivity index (χ3v) is 6.49. The molecule has 7 heteroatoms. The Morgan fingerprint density at radius 3 is 2.75 bits per heavy atom. The van der Waals surface area contributed by atoms with Gasteiger partial charge in [0.2, 0.25) is 10.0 Å². The van der Waals surface area contributed by atoms with Crippen LogP contribution < -0.4 is 0 Å². The Morgan fingerprint density at radius 2 is 2.05 bits per heavy atom. The standard InChI is InChI=1S/C13H21N3O3S/c17-13-6-2-1-4-11(13)12-5-3-7-16(12)20(18,19)10-8-14-15-9-10/h8-9,11-13,17H,1-7H2,(H,14,15). The molecule has 2 fully saturated rings. The van der Waals surface area contributed by atoms with Crippen LogP contribution in [0.25, 0.3) is 0 Å². The lowest BCUT2D eigenvalue weighted by molar-refractivity contribution is 0.0386. The fraction of sp³-hybridized carbons (Fsp3) is 0.769. The van der Waals surface area contributed by atoms with E-state index in [1.807, 2.05) is 0 Å². The van der Waals surface area contributed by atoms with Gasteiger partial charge >= 0.3 is 0 Å². The van der Waals surface area contributed by atoms with Crippen LogP contribution in [-0.2, 0) is 10.0 Å². The van der Waals surface area contributed by atoms with Crippen molar-refractivity contribution in [3.05, 3.63) is 12.4 Å². The van der Waals surface area contributed by atoms with Gasteiger partial charge in [-0.15, -0.1) is 0 Å². The van der Waals surface area contributed by atoms with Crippen LogP contribution in [0.3, 0.4) is 0 Å². The molecule has 1 aromatic heterocycles. The summed E-state index contributed by atoms with van der Waals surface area (Å²) in [6.45, 7) is 0.543. The number of aromatic amines is 1. The molecule has 3 rings (SSSR count). The molecule has 0 aromatic carbocycles. The summed E-state index contributed by atoms with van der Waals surface area (Å²) in [7, 11) is -3.49. The minimum absolute atomic E-state index is 0.0646. The van der Waals surface area contributed by atoms with Gasteiger partial charge in [0.05, 0.1) is 12.3 Å². The van der Waals surface area contributed by atoms with Gasteiger partial charge in [-0.3, -0.25) is 5.10 Å². The van der Waals surface area contributed by atoms with Crippen LogP contribution in [0.1, 0.15) is 38.5 Å². The van der Waals surface area contributed by atoms with Gasteiger partial charge in [0.25, 0.3) is 0 Å². The van der Waals surface area contributed by atoms with E-state index in [1.165, 1.54) is 12.4 Å². The molecule has 112 valence electrons. The highest BCUT2D eigenvalue weighted by Gasteiger charge is 2.42. The van der Waals surface area contributed by atoms with Crippen molar-refractivity contribution in [2.24, 2.45) is 5.92 Å². The number of rotatable bonds is 3. The normalized spacial score (nSPS) is 32.5. The molecule has 0 bridgehead atoms. The molecule has 6 nitrogen and oxygen atoms in total. The smallest absolute Gasteiger partial charge is 0.246 e. The fourth-order valence-corrected chi connectivity index (χ4v) is 5.24. The molecular weight excluding hydrogens is 278 g/mol. The average molecular weight is 299 g/mol. The monoisotopic (exact) mass is 299 g/mol. The van der Waals surface area contributed by atoms with E-state index in [2.05, 4.69) is 10.2 Å². The lowest BCUT2D eigenvalue weighted by Gasteiger charge is -2.36. The van der Waals surface area contributed by atoms with E-state index in [9.17, 15) is 13.5 Å². The Labute approximate surface area is 119 Å². The van der Waals surface area contributed by atoms with E-state index in [0.717, 1.165) is 38.5 Å². The highest BCUT2D eigenvalue weighted by atomic mass is 32.2. The van der Waals surface area contributed by atoms with Crippen molar-refractivity contribution in [2.75, 3.05) is 6.54 Å². The third-order valence-electron chi connectivity index (χ3n) is 4.60. The van der Waals surface area contributed by atoms with E-state index in [4.69, 9.17) is 0 Å². The quantitative estimate of drug-likeness (QED) is 0.875. The Kier molecular flexibility index (Phi) is 3.83. The molecular formula is C13H21N3O3S. The topological polar surface area (TPSA) is 86.3 Å². The number of nitrogens with one attached hydrogen (secondary N) is 1. The predicted octanol–water partition coefficient (Wildman–Crippen LogP) is 1.11. The van der Waals surface area contributed by atoms with Crippen molar-refractivity contribution in [3.8, 4) is 0 Å². The van der Waals surface area contributed by atoms with Gasteiger partial charge in [-0.1, -0.05) is 12.8 Å². The first-order chi connectivity index (χ1) is 9.60. The van der Waals surface area contributed by atoms with Crippen LogP contribution in [0.4, 0.5) is 0 Å². The summed E-state index contributed by atoms with van der Waals surface area (Å²) >= 11 is 0. The summed E-state index contributed by atoms with van der Waals surface area (Å²) in [6.07, 6.45) is 7.95. The van der Waals surface area contributed by atoms with Crippen molar-refractivity contribution in [3.63, 3.8) is 0 Å². The molecule has 0 radical (unpaired) electrons. The van der Waals surface area contributed by atoms with Gasteiger partial charge < -0.3 is 5.11 Å². The van der Waals surface area contributed by atoms with E-state index in [-0.39, 0.29) is 23.0 Å². The van der Waals surface area contributed by atoms with Crippen molar-refractivity contribution in [2.45, 2.75) is 55.6 Å². The molecule has 1 aromatic rings. The molecule has 1 saturated carbocycles. The molecule has 20 heavy (non-hydrogen) atoms. The summed E-state index contributed by atoms with van der Waals surface area (Å²) in [6, 6.07) is -0.0646. The molecule has 0 amide bonds. The number of aromatic nitrogens is 2. The van der Waals surface area contributed by atoms with Crippen LogP contribution >= 0.6 is 0 Å². The Bertz CT molecular complexity index is 543. The number of nitrogens with zero attached hydrogens (tertiary/aromatic N) is 2. The largest absolute Gasteiger partial charge is 0.393 e. The van der Waals surface area contributed by atoms with Crippen LogP contribution in [0.5, 0.6) is 0 Å². The highest BCUT2D eigenvalue weighted by molar-refractivity contribution is 7.89. The molecule has 2 aliphatic rings. The van der Waals surface area contributed by atoms with Gasteiger partial charge in [-0.2, -0.15) is 9.40 Å². The Morgan fingerprint density at radius 1 is 1.25 bits per heavy atom. The first-order valence-electron chi connectivity index (χ1n) is 7.29. The zero-order valence-corrected chi connectivity index (χ0v) is 12.2. The lowest BCUT2D eigenvalue weighted by Crippen LogP contribution is -2.45. The van der Waals surface area contributed by atoms with E-state index in [0.29, 0.717) is 6.54 Å². The lowest BCUT2D eigenvalue weighted by atomic mass is 9.81. The maximum atomic E-state index is 12.6. The number of aliphatic hydroxyl groups is 1. The maximum Gasteiger partial charge on any atom is 0.246 e. The number of aliphatic hydroxyl groups excluding tert-OH is 1. The van der Waals surface area contributed by atoms with Crippen LogP contribution in [0, 0.1) is 5.92 Å². The van der Waals surface area contributed by atoms with Crippen molar-refractivity contribution >= 4 is 10.0 Å². The van der Waals surface area contributed by atoms with Gasteiger partial charge in [-0.05, 0) is 25.7 Å². The molecule has 2 N–H and O–H groups in total. The zero-order chi connectivity index (χ0) is 14.2. The number of hydrogen-bond donors (Lipinski definition) is 2. The second-order valence-electron chi connectivity index (χ2n) is 5.77. The highest BCUT2D eigenvalue weighted by Crippen LogP contribution is 2.37. The maximum absolute atomic E-state index is 12.6. The molecule has 1 aliphatic heterocycles. The van der Waals surface area contributed by atoms with Crippen molar-refractivity contribution in [1.82, 2.24) is 14.5 Å². The first-order valence-corrected chi connectivity index (χ1v) is 8.73. The van der Waals surface area contributed by atoms with Gasteiger partial charge in [0.1, 0.15) is 4.90 Å². The number of hydrogen-bond acceptors (Lipinski definition) is 4. The van der Waals surface area contributed by atoms with Gasteiger partial charge in [-0.25, -0.2) is 8.42 Å². The molecule has 1 aliphatic carbocycles. The summed E-state index contributed by atoms with van der Waals surface area (Å²) in [5, 5.41) is 16.5. The van der Waals surface area contributed by atoms with Crippen molar-refractivity contribution in [1.29, 1.82) is 0 Å². The van der Waals surface area contributed by atoms with Crippen molar-refractivity contribution < 1.29 is 13.5 Å². The zero-order valence-electron chi connectivity index (χ0n) is 11.4. The summed E-state index contributed by atoms with van der Waals surface area (Å²) in [5.41, 5.74) is 0. The number of H-pyrrole nitrogens is 1. The van der Waals surface area contributed by atoms with E-state index in [1.54, 1.807) is 4.31 Å². The average Bonchev–Trinajstić information content (AvgIpc) is 3.11. The molecule has 1 saturated heterocycles. The summed E-state index contributed by atoms with van der Waals surface area (Å²) < 4.78 is 26.9. The number of sulfonamides is 1. The first kappa shape index (κ1) is 14.0. The van der Waals surface area contributed by atoms with E-state index < -0.39 is 10.0 Å². The predicted molar refractivity (Wildman–Crippen MR) is 73.5 cm³/mol. The molecule has 0 spiro atoms. The van der Waals surface area contributed by atoms with E-state index >= 15 is 0 Å². The van der Waals surface area contributed by atoms with Gasteiger partial charge in [0, 0.05) is 24.7 Å². The second-order valence-corrected chi connectivity index (χ2v) is 7.67. The van der Waals surface area contributed by atoms with Crippen LogP contribution in [0.15, 0.2) is 17.3 Å². The molecule has 2 heterocycles. The summed E-state index contributed by atoms with van der Waals surface area (Å²) in [5.74, 6) is 0.0768. The fourth-order valence-electron chi connectivity index (χ4n) is 3.60. The molecule has 3 unspecified atom stereocenters. The minimum atomic E-state index is -3.49. The second kappa shape index (κ2) is 5.46. The molecule has 3 atom stereocenters. The van der Waals surface area contributed by atoms with Crippen LogP contribution in [0.2, 0.25) is 0 Å². The minimum Gasteiger partial charge on any atom is -0.393 e. The van der Waals surface area contributed by atoms with Crippen LogP contribution in [-0.4, -0.2) is 46.7 Å².